The van der Waals surface area contributed by atoms with Crippen LogP contribution in [-0.2, 0) is 20.7 Å². The highest BCUT2D eigenvalue weighted by molar-refractivity contribution is 7.09. The second-order valence-corrected chi connectivity index (χ2v) is 6.56. The van der Waals surface area contributed by atoms with E-state index in [1.165, 1.54) is 19.2 Å². The van der Waals surface area contributed by atoms with Crippen LogP contribution in [0.1, 0.15) is 18.2 Å². The third-order valence-electron chi connectivity index (χ3n) is 2.88. The van der Waals surface area contributed by atoms with Crippen LogP contribution in [0.5, 0.6) is 0 Å². The lowest BCUT2D eigenvalue weighted by molar-refractivity contribution is -0.153. The number of pyridine rings is 1. The highest BCUT2D eigenvalue weighted by Crippen LogP contribution is 2.22. The second-order valence-electron chi connectivity index (χ2n) is 4.68. The number of carbonyl (C=O) groups is 2. The number of ether oxygens (including phenoxy) is 1. The number of carbonyl (C=O) groups excluding carboxylic acids is 2. The number of aryl methyl sites for hydroxylation is 1. The van der Waals surface area contributed by atoms with Gasteiger partial charge in [0.15, 0.2) is 11.9 Å². The molecule has 2 aromatic rings. The SMILES string of the molecule is C[C@H](OC(=O)CCc1cccs1)C(=O)Nc1ncc(Cl)cc1Cl. The number of nitrogens with zero attached hydrogens (tertiary/aromatic N) is 1. The molecular weight excluding hydrogens is 359 g/mol. The third kappa shape index (κ3) is 5.49. The number of amides is 1. The Morgan fingerprint density at radius 1 is 1.43 bits per heavy atom. The van der Waals surface area contributed by atoms with Crippen molar-refractivity contribution in [2.24, 2.45) is 0 Å². The van der Waals surface area contributed by atoms with Crippen molar-refractivity contribution in [3.8, 4) is 0 Å². The standard InChI is InChI=1S/C15H14Cl2N2O3S/c1-9(22-13(20)5-4-11-3-2-6-23-11)15(21)19-14-12(17)7-10(16)8-18-14/h2-3,6-9H,4-5H2,1H3,(H,18,19,21)/t9-/m0/s1. The molecule has 0 aliphatic rings. The maximum Gasteiger partial charge on any atom is 0.306 e. The van der Waals surface area contributed by atoms with Gasteiger partial charge in [-0.05, 0) is 30.9 Å². The first-order valence-electron chi connectivity index (χ1n) is 6.79. The maximum absolute atomic E-state index is 12.0. The lowest BCUT2D eigenvalue weighted by atomic mass is 10.2. The van der Waals surface area contributed by atoms with Crippen LogP contribution in [-0.4, -0.2) is 23.0 Å². The smallest absolute Gasteiger partial charge is 0.306 e. The summed E-state index contributed by atoms with van der Waals surface area (Å²) in [5, 5.41) is 5.01. The lowest BCUT2D eigenvalue weighted by Crippen LogP contribution is -2.30. The van der Waals surface area contributed by atoms with Crippen LogP contribution in [0.15, 0.2) is 29.8 Å². The molecule has 8 heteroatoms. The van der Waals surface area contributed by atoms with E-state index in [1.54, 1.807) is 11.3 Å². The number of halogens is 2. The summed E-state index contributed by atoms with van der Waals surface area (Å²) in [5.41, 5.74) is 0. The number of anilines is 1. The highest BCUT2D eigenvalue weighted by Gasteiger charge is 2.19. The summed E-state index contributed by atoms with van der Waals surface area (Å²) in [4.78, 5) is 28.8. The molecule has 23 heavy (non-hydrogen) atoms. The van der Waals surface area contributed by atoms with Gasteiger partial charge in [0.25, 0.3) is 5.91 Å². The van der Waals surface area contributed by atoms with Gasteiger partial charge in [0.1, 0.15) is 0 Å². The molecule has 0 bridgehead atoms. The summed E-state index contributed by atoms with van der Waals surface area (Å²) < 4.78 is 5.10. The molecule has 2 heterocycles. The van der Waals surface area contributed by atoms with Crippen molar-refractivity contribution in [3.63, 3.8) is 0 Å². The summed E-state index contributed by atoms with van der Waals surface area (Å²) in [6.45, 7) is 1.49. The van der Waals surface area contributed by atoms with Crippen LogP contribution >= 0.6 is 34.5 Å². The largest absolute Gasteiger partial charge is 0.453 e. The summed E-state index contributed by atoms with van der Waals surface area (Å²) in [6.07, 6.45) is 1.23. The number of hydrogen-bond donors (Lipinski definition) is 1. The predicted octanol–water partition coefficient (Wildman–Crippen LogP) is 3.95. The van der Waals surface area contributed by atoms with Crippen molar-refractivity contribution in [1.82, 2.24) is 4.98 Å². The van der Waals surface area contributed by atoms with E-state index in [0.29, 0.717) is 11.4 Å². The molecule has 1 amide bonds. The molecule has 0 spiro atoms. The van der Waals surface area contributed by atoms with Gasteiger partial charge >= 0.3 is 5.97 Å². The first-order valence-corrected chi connectivity index (χ1v) is 8.43. The first-order chi connectivity index (χ1) is 11.0. The maximum atomic E-state index is 12.0. The summed E-state index contributed by atoms with van der Waals surface area (Å²) in [5.74, 6) is -0.773. The van der Waals surface area contributed by atoms with E-state index >= 15 is 0 Å². The Labute approximate surface area is 147 Å². The van der Waals surface area contributed by atoms with E-state index in [4.69, 9.17) is 27.9 Å². The molecule has 0 aliphatic carbocycles. The van der Waals surface area contributed by atoms with Crippen LogP contribution < -0.4 is 5.32 Å². The molecule has 0 radical (unpaired) electrons. The van der Waals surface area contributed by atoms with Gasteiger partial charge in [-0.3, -0.25) is 9.59 Å². The van der Waals surface area contributed by atoms with Crippen molar-refractivity contribution in [1.29, 1.82) is 0 Å². The van der Waals surface area contributed by atoms with E-state index in [9.17, 15) is 9.59 Å². The minimum atomic E-state index is -0.945. The average molecular weight is 373 g/mol. The summed E-state index contributed by atoms with van der Waals surface area (Å²) >= 11 is 13.2. The Morgan fingerprint density at radius 3 is 2.87 bits per heavy atom. The van der Waals surface area contributed by atoms with E-state index < -0.39 is 18.0 Å². The Bertz CT molecular complexity index is 692. The number of aromatic nitrogens is 1. The molecule has 0 aliphatic heterocycles. The van der Waals surface area contributed by atoms with Gasteiger partial charge in [-0.15, -0.1) is 11.3 Å². The zero-order valence-electron chi connectivity index (χ0n) is 12.2. The molecule has 1 N–H and O–H groups in total. The normalized spacial score (nSPS) is 11.8. The van der Waals surface area contributed by atoms with Crippen LogP contribution in [0.3, 0.4) is 0 Å². The minimum absolute atomic E-state index is 0.169. The Kier molecular flexibility index (Phi) is 6.38. The van der Waals surface area contributed by atoms with Gasteiger partial charge in [-0.25, -0.2) is 4.98 Å². The van der Waals surface area contributed by atoms with Crippen molar-refractivity contribution < 1.29 is 14.3 Å². The van der Waals surface area contributed by atoms with E-state index in [0.717, 1.165) is 4.88 Å². The van der Waals surface area contributed by atoms with Gasteiger partial charge in [-0.1, -0.05) is 29.3 Å². The fourth-order valence-corrected chi connectivity index (χ4v) is 2.85. The Hall–Kier alpha value is -1.63. The zero-order valence-corrected chi connectivity index (χ0v) is 14.5. The average Bonchev–Trinajstić information content (AvgIpc) is 3.01. The number of esters is 1. The quantitative estimate of drug-likeness (QED) is 0.779. The molecule has 2 aromatic heterocycles. The second kappa shape index (κ2) is 8.29. The van der Waals surface area contributed by atoms with Gasteiger partial charge in [0, 0.05) is 11.1 Å². The van der Waals surface area contributed by atoms with Gasteiger partial charge < -0.3 is 10.1 Å². The van der Waals surface area contributed by atoms with Crippen LogP contribution in [0, 0.1) is 0 Å². The molecule has 0 saturated carbocycles. The number of thiophene rings is 1. The van der Waals surface area contributed by atoms with Crippen LogP contribution in [0.4, 0.5) is 5.82 Å². The molecule has 0 fully saturated rings. The first kappa shape index (κ1) is 17.7. The van der Waals surface area contributed by atoms with Crippen LogP contribution in [0.2, 0.25) is 10.0 Å². The molecule has 0 saturated heterocycles. The Morgan fingerprint density at radius 2 is 2.22 bits per heavy atom. The molecule has 1 atom stereocenters. The lowest BCUT2D eigenvalue weighted by Gasteiger charge is -2.13. The molecule has 2 rings (SSSR count). The number of nitrogens with one attached hydrogen (secondary N) is 1. The van der Waals surface area contributed by atoms with E-state index in [-0.39, 0.29) is 17.3 Å². The van der Waals surface area contributed by atoms with Gasteiger partial charge in [-0.2, -0.15) is 0 Å². The molecule has 122 valence electrons. The van der Waals surface area contributed by atoms with E-state index in [1.807, 2.05) is 17.5 Å². The van der Waals surface area contributed by atoms with Crippen molar-refractivity contribution in [3.05, 3.63) is 44.7 Å². The molecule has 0 aromatic carbocycles. The fourth-order valence-electron chi connectivity index (χ4n) is 1.71. The molecule has 0 unspecified atom stereocenters. The highest BCUT2D eigenvalue weighted by atomic mass is 35.5. The summed E-state index contributed by atoms with van der Waals surface area (Å²) in [6, 6.07) is 5.33. The van der Waals surface area contributed by atoms with Gasteiger partial charge in [0.05, 0.1) is 16.5 Å². The Balaban J connectivity index is 1.83. The summed E-state index contributed by atoms with van der Waals surface area (Å²) in [7, 11) is 0. The van der Waals surface area contributed by atoms with Gasteiger partial charge in [0.2, 0.25) is 0 Å². The zero-order chi connectivity index (χ0) is 16.8. The predicted molar refractivity (Wildman–Crippen MR) is 91.1 cm³/mol. The van der Waals surface area contributed by atoms with Crippen molar-refractivity contribution in [2.75, 3.05) is 5.32 Å². The number of hydrogen-bond acceptors (Lipinski definition) is 5. The topological polar surface area (TPSA) is 68.3 Å². The fraction of sp³-hybridized carbons (Fsp3) is 0.267. The molecule has 5 nitrogen and oxygen atoms in total. The third-order valence-corrected chi connectivity index (χ3v) is 4.31. The van der Waals surface area contributed by atoms with E-state index in [2.05, 4.69) is 10.3 Å². The monoisotopic (exact) mass is 372 g/mol. The van der Waals surface area contributed by atoms with Crippen LogP contribution in [0.25, 0.3) is 0 Å². The number of rotatable bonds is 6. The minimum Gasteiger partial charge on any atom is -0.453 e. The van der Waals surface area contributed by atoms with Crippen molar-refractivity contribution in [2.45, 2.75) is 25.9 Å². The molecular formula is C15H14Cl2N2O3S. The van der Waals surface area contributed by atoms with Crippen molar-refractivity contribution >= 4 is 52.2 Å².